The van der Waals surface area contributed by atoms with E-state index in [1.807, 2.05) is 30.1 Å². The van der Waals surface area contributed by atoms with Crippen LogP contribution in [0.3, 0.4) is 0 Å². The molecule has 1 aromatic heterocycles. The molecule has 94 valence electrons. The predicted molar refractivity (Wildman–Crippen MR) is 79.3 cm³/mol. The Bertz CT molecular complexity index is 556. The van der Waals surface area contributed by atoms with Gasteiger partial charge in [-0.25, -0.2) is 4.98 Å². The molecule has 1 heterocycles. The molecule has 0 bridgehead atoms. The van der Waals surface area contributed by atoms with Crippen LogP contribution in [0.5, 0.6) is 0 Å². The van der Waals surface area contributed by atoms with Gasteiger partial charge in [0.2, 0.25) is 0 Å². The Hall–Kier alpha value is -1.75. The average Bonchev–Trinajstić information content (AvgIpc) is 2.32. The van der Waals surface area contributed by atoms with E-state index < -0.39 is 0 Å². The number of nitrogens with zero attached hydrogens (tertiary/aromatic N) is 2. The van der Waals surface area contributed by atoms with Gasteiger partial charge < -0.3 is 16.4 Å². The molecule has 0 unspecified atom stereocenters. The Labute approximate surface area is 115 Å². The van der Waals surface area contributed by atoms with Crippen molar-refractivity contribution in [3.8, 4) is 0 Å². The van der Waals surface area contributed by atoms with Crippen LogP contribution in [0.25, 0.3) is 0 Å². The van der Waals surface area contributed by atoms with E-state index in [9.17, 15) is 0 Å². The van der Waals surface area contributed by atoms with Crippen LogP contribution in [0.2, 0.25) is 0 Å². The van der Waals surface area contributed by atoms with Gasteiger partial charge in [0.05, 0.1) is 5.69 Å². The highest BCUT2D eigenvalue weighted by Crippen LogP contribution is 2.20. The van der Waals surface area contributed by atoms with Crippen LogP contribution in [0.4, 0.5) is 17.3 Å². The zero-order chi connectivity index (χ0) is 13.1. The second-order valence-corrected chi connectivity index (χ2v) is 5.05. The lowest BCUT2D eigenvalue weighted by Crippen LogP contribution is -2.18. The summed E-state index contributed by atoms with van der Waals surface area (Å²) in [5.74, 6) is 1.18. The minimum Gasteiger partial charge on any atom is -0.396 e. The fourth-order valence-corrected chi connectivity index (χ4v) is 2.12. The maximum absolute atomic E-state index is 5.71. The highest BCUT2D eigenvalue weighted by atomic mass is 79.9. The summed E-state index contributed by atoms with van der Waals surface area (Å²) in [4.78, 5) is 6.28. The molecule has 0 aliphatic rings. The van der Waals surface area contributed by atoms with Crippen molar-refractivity contribution >= 4 is 33.3 Å². The standard InChI is InChI=1S/C13H15BrN4/c1-18(8-9-3-2-4-10(14)7-9)12-6-5-11(15)13(16)17-12/h2-7H,8,15H2,1H3,(H2,16,17). The molecule has 0 fully saturated rings. The SMILES string of the molecule is CN(Cc1cccc(Br)c1)c1ccc(N)c(N)n1. The largest absolute Gasteiger partial charge is 0.396 e. The highest BCUT2D eigenvalue weighted by Gasteiger charge is 2.06. The minimum atomic E-state index is 0.369. The van der Waals surface area contributed by atoms with Crippen LogP contribution >= 0.6 is 15.9 Å². The molecule has 0 saturated carbocycles. The third-order valence-electron chi connectivity index (χ3n) is 2.64. The number of nitrogens with two attached hydrogens (primary N) is 2. The van der Waals surface area contributed by atoms with E-state index in [0.717, 1.165) is 16.8 Å². The summed E-state index contributed by atoms with van der Waals surface area (Å²) in [6.45, 7) is 0.760. The summed E-state index contributed by atoms with van der Waals surface area (Å²) in [6.07, 6.45) is 0. The summed E-state index contributed by atoms with van der Waals surface area (Å²) in [6, 6.07) is 11.8. The van der Waals surface area contributed by atoms with Gasteiger partial charge in [-0.05, 0) is 29.8 Å². The molecule has 0 aliphatic heterocycles. The first kappa shape index (κ1) is 12.7. The van der Waals surface area contributed by atoms with Crippen molar-refractivity contribution in [1.82, 2.24) is 4.98 Å². The minimum absolute atomic E-state index is 0.369. The van der Waals surface area contributed by atoms with Crippen LogP contribution in [-0.2, 0) is 6.54 Å². The van der Waals surface area contributed by atoms with Gasteiger partial charge in [0.1, 0.15) is 11.6 Å². The van der Waals surface area contributed by atoms with Crippen LogP contribution < -0.4 is 16.4 Å². The Morgan fingerprint density at radius 2 is 2.00 bits per heavy atom. The van der Waals surface area contributed by atoms with Gasteiger partial charge in [0.25, 0.3) is 0 Å². The van der Waals surface area contributed by atoms with Crippen LogP contribution in [0.15, 0.2) is 40.9 Å². The lowest BCUT2D eigenvalue weighted by molar-refractivity contribution is 0.899. The second kappa shape index (κ2) is 5.27. The summed E-state index contributed by atoms with van der Waals surface area (Å²) in [5.41, 5.74) is 13.1. The number of pyridine rings is 1. The lowest BCUT2D eigenvalue weighted by atomic mass is 10.2. The van der Waals surface area contributed by atoms with Gasteiger partial charge in [0, 0.05) is 18.1 Å². The van der Waals surface area contributed by atoms with E-state index >= 15 is 0 Å². The third-order valence-corrected chi connectivity index (χ3v) is 3.14. The fourth-order valence-electron chi connectivity index (χ4n) is 1.68. The van der Waals surface area contributed by atoms with E-state index in [2.05, 4.69) is 33.0 Å². The molecule has 0 spiro atoms. The zero-order valence-electron chi connectivity index (χ0n) is 10.1. The normalized spacial score (nSPS) is 10.3. The Morgan fingerprint density at radius 1 is 1.22 bits per heavy atom. The first-order valence-electron chi connectivity index (χ1n) is 5.54. The summed E-state index contributed by atoms with van der Waals surface area (Å²) in [7, 11) is 1.97. The van der Waals surface area contributed by atoms with E-state index in [0.29, 0.717) is 11.5 Å². The third kappa shape index (κ3) is 2.92. The van der Waals surface area contributed by atoms with Crippen LogP contribution in [0.1, 0.15) is 5.56 Å². The molecule has 4 N–H and O–H groups in total. The molecule has 0 aliphatic carbocycles. The van der Waals surface area contributed by atoms with Crippen molar-refractivity contribution in [3.05, 3.63) is 46.4 Å². The predicted octanol–water partition coefficient (Wildman–Crippen LogP) is 2.64. The van der Waals surface area contributed by atoms with Crippen molar-refractivity contribution in [1.29, 1.82) is 0 Å². The van der Waals surface area contributed by atoms with Gasteiger partial charge in [-0.1, -0.05) is 28.1 Å². The molecule has 0 saturated heterocycles. The molecule has 2 rings (SSSR count). The smallest absolute Gasteiger partial charge is 0.149 e. The molecule has 1 aromatic carbocycles. The van der Waals surface area contributed by atoms with Gasteiger partial charge >= 0.3 is 0 Å². The quantitative estimate of drug-likeness (QED) is 0.915. The summed E-state index contributed by atoms with van der Waals surface area (Å²) in [5, 5.41) is 0. The number of hydrogen-bond acceptors (Lipinski definition) is 4. The van der Waals surface area contributed by atoms with Crippen molar-refractivity contribution in [2.45, 2.75) is 6.54 Å². The Balaban J connectivity index is 2.16. The number of rotatable bonds is 3. The van der Waals surface area contributed by atoms with Gasteiger partial charge in [-0.3, -0.25) is 0 Å². The van der Waals surface area contributed by atoms with E-state index in [1.54, 1.807) is 6.07 Å². The highest BCUT2D eigenvalue weighted by molar-refractivity contribution is 9.10. The molecule has 5 heteroatoms. The van der Waals surface area contributed by atoms with Crippen molar-refractivity contribution in [2.24, 2.45) is 0 Å². The van der Waals surface area contributed by atoms with E-state index in [-0.39, 0.29) is 0 Å². The zero-order valence-corrected chi connectivity index (χ0v) is 11.7. The molecular formula is C13H15BrN4. The summed E-state index contributed by atoms with van der Waals surface area (Å²) < 4.78 is 1.07. The van der Waals surface area contributed by atoms with Gasteiger partial charge in [-0.15, -0.1) is 0 Å². The van der Waals surface area contributed by atoms with Crippen molar-refractivity contribution in [3.63, 3.8) is 0 Å². The topological polar surface area (TPSA) is 68.2 Å². The Morgan fingerprint density at radius 3 is 2.67 bits per heavy atom. The maximum atomic E-state index is 5.71. The molecule has 0 amide bonds. The maximum Gasteiger partial charge on any atom is 0.149 e. The number of halogens is 1. The van der Waals surface area contributed by atoms with E-state index in [1.165, 1.54) is 5.56 Å². The number of anilines is 3. The van der Waals surface area contributed by atoms with Gasteiger partial charge in [0.15, 0.2) is 0 Å². The van der Waals surface area contributed by atoms with Crippen molar-refractivity contribution in [2.75, 3.05) is 23.4 Å². The first-order chi connectivity index (χ1) is 8.56. The average molecular weight is 307 g/mol. The first-order valence-corrected chi connectivity index (χ1v) is 6.33. The Kier molecular flexibility index (Phi) is 3.72. The molecule has 2 aromatic rings. The van der Waals surface area contributed by atoms with Crippen molar-refractivity contribution < 1.29 is 0 Å². The molecule has 4 nitrogen and oxygen atoms in total. The van der Waals surface area contributed by atoms with Crippen LogP contribution in [0, 0.1) is 0 Å². The number of hydrogen-bond donors (Lipinski definition) is 2. The number of aromatic nitrogens is 1. The number of benzene rings is 1. The van der Waals surface area contributed by atoms with Gasteiger partial charge in [-0.2, -0.15) is 0 Å². The fraction of sp³-hybridized carbons (Fsp3) is 0.154. The van der Waals surface area contributed by atoms with E-state index in [4.69, 9.17) is 11.5 Å². The molecule has 0 atom stereocenters. The monoisotopic (exact) mass is 306 g/mol. The second-order valence-electron chi connectivity index (χ2n) is 4.13. The molecule has 0 radical (unpaired) electrons. The summed E-state index contributed by atoms with van der Waals surface area (Å²) >= 11 is 3.46. The molecular weight excluding hydrogens is 292 g/mol. The molecule has 18 heavy (non-hydrogen) atoms. The van der Waals surface area contributed by atoms with Crippen LogP contribution in [-0.4, -0.2) is 12.0 Å². The number of nitrogen functional groups attached to an aromatic ring is 2. The lowest BCUT2D eigenvalue weighted by Gasteiger charge is -2.19.